The van der Waals surface area contributed by atoms with Gasteiger partial charge in [-0.05, 0) is 56.2 Å². The standard InChI is InChI=1S/C18H25NO4/c1-22-18-12-13(15-8-4-5-9-16(15)19(20)21)10-11-17(18)23-14-6-2-3-7-14/h10-12,14-16H,2-9H2,1H3. The lowest BCUT2D eigenvalue weighted by atomic mass is 9.80. The van der Waals surface area contributed by atoms with E-state index in [4.69, 9.17) is 9.47 Å². The summed E-state index contributed by atoms with van der Waals surface area (Å²) in [6.45, 7) is 0. The molecule has 1 aromatic carbocycles. The topological polar surface area (TPSA) is 61.6 Å². The molecular formula is C18H25NO4. The molecule has 2 aliphatic carbocycles. The predicted octanol–water partition coefficient (Wildman–Crippen LogP) is 4.32. The van der Waals surface area contributed by atoms with Gasteiger partial charge in [-0.2, -0.15) is 0 Å². The Kier molecular flexibility index (Phi) is 5.03. The van der Waals surface area contributed by atoms with Crippen LogP contribution >= 0.6 is 0 Å². The molecule has 0 bridgehead atoms. The molecule has 0 N–H and O–H groups in total. The lowest BCUT2D eigenvalue weighted by molar-refractivity contribution is -0.530. The van der Waals surface area contributed by atoms with Crippen molar-refractivity contribution in [3.05, 3.63) is 33.9 Å². The highest BCUT2D eigenvalue weighted by molar-refractivity contribution is 5.44. The summed E-state index contributed by atoms with van der Waals surface area (Å²) in [7, 11) is 1.63. The van der Waals surface area contributed by atoms with Crippen LogP contribution in [0.2, 0.25) is 0 Å². The summed E-state index contributed by atoms with van der Waals surface area (Å²) in [5, 5.41) is 11.3. The average molecular weight is 319 g/mol. The molecule has 0 spiro atoms. The Bertz CT molecular complexity index is 554. The Morgan fingerprint density at radius 3 is 2.43 bits per heavy atom. The molecule has 0 amide bonds. The zero-order chi connectivity index (χ0) is 16.2. The van der Waals surface area contributed by atoms with E-state index in [2.05, 4.69) is 0 Å². The minimum atomic E-state index is -0.477. The maximum atomic E-state index is 11.3. The highest BCUT2D eigenvalue weighted by atomic mass is 16.6. The van der Waals surface area contributed by atoms with Crippen molar-refractivity contribution in [2.24, 2.45) is 0 Å². The van der Waals surface area contributed by atoms with Gasteiger partial charge in [0.15, 0.2) is 11.5 Å². The Morgan fingerprint density at radius 2 is 1.74 bits per heavy atom. The minimum Gasteiger partial charge on any atom is -0.493 e. The average Bonchev–Trinajstić information content (AvgIpc) is 3.08. The third-order valence-electron chi connectivity index (χ3n) is 5.21. The van der Waals surface area contributed by atoms with Crippen LogP contribution in [0.1, 0.15) is 62.8 Å². The first-order valence-corrected chi connectivity index (χ1v) is 8.67. The molecule has 0 heterocycles. The molecule has 5 heteroatoms. The monoisotopic (exact) mass is 319 g/mol. The Hall–Kier alpha value is -1.78. The molecule has 0 saturated heterocycles. The third-order valence-corrected chi connectivity index (χ3v) is 5.21. The maximum Gasteiger partial charge on any atom is 0.219 e. The van der Waals surface area contributed by atoms with E-state index in [0.29, 0.717) is 12.2 Å². The molecule has 0 radical (unpaired) electrons. The molecule has 2 saturated carbocycles. The number of hydrogen-bond donors (Lipinski definition) is 0. The van der Waals surface area contributed by atoms with E-state index in [0.717, 1.165) is 43.4 Å². The molecule has 126 valence electrons. The van der Waals surface area contributed by atoms with Gasteiger partial charge in [-0.1, -0.05) is 12.5 Å². The largest absolute Gasteiger partial charge is 0.493 e. The summed E-state index contributed by atoms with van der Waals surface area (Å²) in [5.74, 6) is 1.44. The van der Waals surface area contributed by atoms with Crippen LogP contribution in [0.5, 0.6) is 11.5 Å². The van der Waals surface area contributed by atoms with Crippen LogP contribution in [0.3, 0.4) is 0 Å². The molecule has 2 aliphatic rings. The summed E-state index contributed by atoms with van der Waals surface area (Å²) in [6, 6.07) is 5.38. The quantitative estimate of drug-likeness (QED) is 0.599. The van der Waals surface area contributed by atoms with Crippen LogP contribution in [0.4, 0.5) is 0 Å². The molecule has 3 rings (SSSR count). The van der Waals surface area contributed by atoms with Crippen molar-refractivity contribution in [2.45, 2.75) is 69.4 Å². The third kappa shape index (κ3) is 3.59. The van der Waals surface area contributed by atoms with E-state index in [-0.39, 0.29) is 16.9 Å². The SMILES string of the molecule is COc1cc(C2CCCCC2[N+](=O)[O-])ccc1OC1CCCC1. The second-order valence-electron chi connectivity index (χ2n) is 6.68. The maximum absolute atomic E-state index is 11.3. The molecular weight excluding hydrogens is 294 g/mol. The van der Waals surface area contributed by atoms with E-state index in [1.54, 1.807) is 7.11 Å². The van der Waals surface area contributed by atoms with Gasteiger partial charge in [-0.15, -0.1) is 0 Å². The number of ether oxygens (including phenoxy) is 2. The molecule has 0 aromatic heterocycles. The summed E-state index contributed by atoms with van der Waals surface area (Å²) >= 11 is 0. The van der Waals surface area contributed by atoms with E-state index in [1.165, 1.54) is 12.8 Å². The van der Waals surface area contributed by atoms with Crippen LogP contribution in [0.25, 0.3) is 0 Å². The van der Waals surface area contributed by atoms with E-state index in [1.807, 2.05) is 18.2 Å². The van der Waals surface area contributed by atoms with Crippen molar-refractivity contribution in [2.75, 3.05) is 7.11 Å². The van der Waals surface area contributed by atoms with Crippen LogP contribution in [0, 0.1) is 10.1 Å². The Morgan fingerprint density at radius 1 is 1.04 bits per heavy atom. The second-order valence-corrected chi connectivity index (χ2v) is 6.68. The van der Waals surface area contributed by atoms with Gasteiger partial charge < -0.3 is 9.47 Å². The van der Waals surface area contributed by atoms with Crippen LogP contribution < -0.4 is 9.47 Å². The normalized spacial score (nSPS) is 25.3. The lowest BCUT2D eigenvalue weighted by Gasteiger charge is -2.26. The van der Waals surface area contributed by atoms with Gasteiger partial charge >= 0.3 is 0 Å². The number of hydrogen-bond acceptors (Lipinski definition) is 4. The Balaban J connectivity index is 1.81. The highest BCUT2D eigenvalue weighted by Crippen LogP contribution is 2.39. The molecule has 0 aliphatic heterocycles. The number of nitro groups is 1. The lowest BCUT2D eigenvalue weighted by Crippen LogP contribution is -2.30. The minimum absolute atomic E-state index is 0.0202. The van der Waals surface area contributed by atoms with Gasteiger partial charge in [-0.25, -0.2) is 0 Å². The number of rotatable bonds is 5. The summed E-state index contributed by atoms with van der Waals surface area (Å²) in [4.78, 5) is 11.2. The highest BCUT2D eigenvalue weighted by Gasteiger charge is 2.35. The van der Waals surface area contributed by atoms with Gasteiger partial charge in [-0.3, -0.25) is 10.1 Å². The first-order chi connectivity index (χ1) is 11.2. The first kappa shape index (κ1) is 16.1. The van der Waals surface area contributed by atoms with Crippen LogP contribution in [-0.2, 0) is 0 Å². The van der Waals surface area contributed by atoms with Crippen LogP contribution in [-0.4, -0.2) is 24.2 Å². The van der Waals surface area contributed by atoms with Crippen LogP contribution in [0.15, 0.2) is 18.2 Å². The van der Waals surface area contributed by atoms with Crippen molar-refractivity contribution < 1.29 is 14.4 Å². The van der Waals surface area contributed by atoms with Crippen molar-refractivity contribution in [3.8, 4) is 11.5 Å². The van der Waals surface area contributed by atoms with Crippen molar-refractivity contribution in [1.82, 2.24) is 0 Å². The van der Waals surface area contributed by atoms with Crippen molar-refractivity contribution in [1.29, 1.82) is 0 Å². The molecule has 2 fully saturated rings. The van der Waals surface area contributed by atoms with Gasteiger partial charge in [0.2, 0.25) is 6.04 Å². The van der Waals surface area contributed by atoms with E-state index in [9.17, 15) is 10.1 Å². The molecule has 2 atom stereocenters. The zero-order valence-electron chi connectivity index (χ0n) is 13.7. The second kappa shape index (κ2) is 7.20. The van der Waals surface area contributed by atoms with Crippen molar-refractivity contribution in [3.63, 3.8) is 0 Å². The molecule has 1 aromatic rings. The van der Waals surface area contributed by atoms with Gasteiger partial charge in [0.05, 0.1) is 19.1 Å². The molecule has 2 unspecified atom stereocenters. The molecule has 23 heavy (non-hydrogen) atoms. The van der Waals surface area contributed by atoms with E-state index >= 15 is 0 Å². The van der Waals surface area contributed by atoms with Gasteiger partial charge in [0, 0.05) is 11.3 Å². The summed E-state index contributed by atoms with van der Waals surface area (Å²) in [5.41, 5.74) is 1.00. The first-order valence-electron chi connectivity index (χ1n) is 8.67. The number of nitrogens with zero attached hydrogens (tertiary/aromatic N) is 1. The fourth-order valence-corrected chi connectivity index (χ4v) is 3.95. The van der Waals surface area contributed by atoms with Gasteiger partial charge in [0.1, 0.15) is 0 Å². The zero-order valence-corrected chi connectivity index (χ0v) is 13.7. The van der Waals surface area contributed by atoms with Crippen molar-refractivity contribution >= 4 is 0 Å². The summed E-state index contributed by atoms with van der Waals surface area (Å²) in [6.07, 6.45) is 8.44. The number of benzene rings is 1. The number of methoxy groups -OCH3 is 1. The van der Waals surface area contributed by atoms with E-state index < -0.39 is 6.04 Å². The predicted molar refractivity (Wildman–Crippen MR) is 87.9 cm³/mol. The molecule has 5 nitrogen and oxygen atoms in total. The fourth-order valence-electron chi connectivity index (χ4n) is 3.95. The summed E-state index contributed by atoms with van der Waals surface area (Å²) < 4.78 is 11.5. The fraction of sp³-hybridized carbons (Fsp3) is 0.667. The van der Waals surface area contributed by atoms with Gasteiger partial charge in [0.25, 0.3) is 0 Å². The smallest absolute Gasteiger partial charge is 0.219 e. The Labute approximate surface area is 137 Å².